The van der Waals surface area contributed by atoms with E-state index in [0.717, 1.165) is 12.0 Å². The van der Waals surface area contributed by atoms with E-state index in [1.807, 2.05) is 38.1 Å². The van der Waals surface area contributed by atoms with Gasteiger partial charge >= 0.3 is 0 Å². The summed E-state index contributed by atoms with van der Waals surface area (Å²) in [4.78, 5) is 14.7. The Bertz CT molecular complexity index is 694. The van der Waals surface area contributed by atoms with Crippen molar-refractivity contribution in [3.8, 4) is 5.75 Å². The van der Waals surface area contributed by atoms with Crippen molar-refractivity contribution in [1.29, 1.82) is 0 Å². The van der Waals surface area contributed by atoms with Crippen LogP contribution in [-0.2, 0) is 0 Å². The molecule has 0 amide bonds. The van der Waals surface area contributed by atoms with Gasteiger partial charge in [0.1, 0.15) is 0 Å². The van der Waals surface area contributed by atoms with Gasteiger partial charge in [-0.15, -0.1) is 0 Å². The van der Waals surface area contributed by atoms with E-state index >= 15 is 0 Å². The molecule has 0 unspecified atom stereocenters. The predicted octanol–water partition coefficient (Wildman–Crippen LogP) is 3.55. The van der Waals surface area contributed by atoms with Crippen molar-refractivity contribution in [2.24, 2.45) is 4.99 Å². The molecule has 114 valence electrons. The van der Waals surface area contributed by atoms with E-state index < -0.39 is 4.92 Å². The van der Waals surface area contributed by atoms with E-state index in [2.05, 4.69) is 4.99 Å². The molecule has 0 bridgehead atoms. The smallest absolute Gasteiger partial charge is 0.270 e. The molecule has 0 aliphatic carbocycles. The first kappa shape index (κ1) is 15.7. The average Bonchev–Trinajstić information content (AvgIpc) is 2.50. The summed E-state index contributed by atoms with van der Waals surface area (Å²) < 4.78 is 0. The van der Waals surface area contributed by atoms with Gasteiger partial charge in [0, 0.05) is 18.3 Å². The third-order valence-corrected chi connectivity index (χ3v) is 3.45. The van der Waals surface area contributed by atoms with Crippen LogP contribution in [0, 0.1) is 17.0 Å². The van der Waals surface area contributed by atoms with Gasteiger partial charge in [-0.25, -0.2) is 0 Å². The molecule has 5 heteroatoms. The molecule has 0 radical (unpaired) electrons. The van der Waals surface area contributed by atoms with Crippen molar-refractivity contribution in [2.45, 2.75) is 26.3 Å². The first-order valence-corrected chi connectivity index (χ1v) is 7.06. The Morgan fingerprint density at radius 3 is 2.50 bits per heavy atom. The molecule has 5 nitrogen and oxygen atoms in total. The highest BCUT2D eigenvalue weighted by Crippen LogP contribution is 2.23. The van der Waals surface area contributed by atoms with E-state index in [4.69, 9.17) is 0 Å². The zero-order valence-electron chi connectivity index (χ0n) is 12.5. The molecule has 0 fully saturated rings. The number of non-ortho nitro benzene ring substituents is 1. The quantitative estimate of drug-likeness (QED) is 0.481. The lowest BCUT2D eigenvalue weighted by Crippen LogP contribution is -2.00. The third-order valence-electron chi connectivity index (χ3n) is 3.45. The van der Waals surface area contributed by atoms with Gasteiger partial charge in [0.25, 0.3) is 5.69 Å². The number of benzene rings is 2. The molecule has 2 aromatic carbocycles. The summed E-state index contributed by atoms with van der Waals surface area (Å²) in [6, 6.07) is 11.6. The first-order valence-electron chi connectivity index (χ1n) is 7.06. The first-order chi connectivity index (χ1) is 10.5. The van der Waals surface area contributed by atoms with Crippen LogP contribution < -0.4 is 5.11 Å². The van der Waals surface area contributed by atoms with Gasteiger partial charge in [-0.05, 0) is 24.5 Å². The molecule has 2 rings (SSSR count). The molecule has 0 saturated carbocycles. The highest BCUT2D eigenvalue weighted by atomic mass is 16.6. The number of aliphatic imine (C=N–C) groups is 1. The minimum atomic E-state index is -0.520. The van der Waals surface area contributed by atoms with Crippen LogP contribution in [0.25, 0.3) is 0 Å². The molecule has 0 aliphatic heterocycles. The summed E-state index contributed by atoms with van der Waals surface area (Å²) in [5, 5.41) is 22.5. The van der Waals surface area contributed by atoms with Crippen molar-refractivity contribution in [3.63, 3.8) is 0 Å². The van der Waals surface area contributed by atoms with Crippen LogP contribution in [-0.4, -0.2) is 11.1 Å². The highest BCUT2D eigenvalue weighted by Gasteiger charge is 2.08. The number of aryl methyl sites for hydroxylation is 1. The van der Waals surface area contributed by atoms with E-state index in [1.165, 1.54) is 30.0 Å². The molecule has 0 N–H and O–H groups in total. The zero-order valence-corrected chi connectivity index (χ0v) is 12.5. The summed E-state index contributed by atoms with van der Waals surface area (Å²) >= 11 is 0. The number of rotatable bonds is 5. The Morgan fingerprint density at radius 2 is 1.91 bits per heavy atom. The van der Waals surface area contributed by atoms with E-state index in [1.54, 1.807) is 0 Å². The molecule has 2 aromatic rings. The fourth-order valence-corrected chi connectivity index (χ4v) is 2.14. The molecule has 0 saturated heterocycles. The topological polar surface area (TPSA) is 78.6 Å². The fourth-order valence-electron chi connectivity index (χ4n) is 2.14. The van der Waals surface area contributed by atoms with E-state index in [0.29, 0.717) is 0 Å². The largest absolute Gasteiger partial charge is 0.872 e. The van der Waals surface area contributed by atoms with Gasteiger partial charge in [0.2, 0.25) is 0 Å². The zero-order chi connectivity index (χ0) is 16.1. The Morgan fingerprint density at radius 1 is 1.23 bits per heavy atom. The van der Waals surface area contributed by atoms with Gasteiger partial charge < -0.3 is 5.11 Å². The van der Waals surface area contributed by atoms with E-state index in [-0.39, 0.29) is 23.0 Å². The van der Waals surface area contributed by atoms with Crippen molar-refractivity contribution >= 4 is 11.9 Å². The molecule has 0 aliphatic rings. The monoisotopic (exact) mass is 297 g/mol. The summed E-state index contributed by atoms with van der Waals surface area (Å²) in [6.07, 6.45) is 2.21. The second kappa shape index (κ2) is 6.85. The maximum Gasteiger partial charge on any atom is 0.270 e. The van der Waals surface area contributed by atoms with Crippen LogP contribution >= 0.6 is 0 Å². The second-order valence-electron chi connectivity index (χ2n) is 5.09. The van der Waals surface area contributed by atoms with Crippen LogP contribution in [0.3, 0.4) is 0 Å². The highest BCUT2D eigenvalue weighted by molar-refractivity contribution is 5.84. The lowest BCUT2D eigenvalue weighted by molar-refractivity contribution is -0.385. The van der Waals surface area contributed by atoms with Crippen LogP contribution in [0.1, 0.15) is 36.1 Å². The van der Waals surface area contributed by atoms with E-state index in [9.17, 15) is 15.2 Å². The maximum atomic E-state index is 11.8. The Labute approximate surface area is 129 Å². The van der Waals surface area contributed by atoms with Crippen LogP contribution in [0.5, 0.6) is 5.75 Å². The van der Waals surface area contributed by atoms with Gasteiger partial charge in [-0.1, -0.05) is 48.6 Å². The van der Waals surface area contributed by atoms with Crippen LogP contribution in [0.2, 0.25) is 0 Å². The van der Waals surface area contributed by atoms with Gasteiger partial charge in [-0.2, -0.15) is 0 Å². The standard InChI is InChI=1S/C17H18N2O3/c1-3-16(13-6-4-12(2)5-7-13)18-11-14-10-15(19(21)22)8-9-17(14)20/h4-11,16,20H,3H2,1-2H3/p-1/t16-/m0/s1. The van der Waals surface area contributed by atoms with Crippen LogP contribution in [0.4, 0.5) is 5.69 Å². The lowest BCUT2D eigenvalue weighted by atomic mass is 10.0. The minimum Gasteiger partial charge on any atom is -0.872 e. The Hall–Kier alpha value is -2.69. The molecule has 1 atom stereocenters. The summed E-state index contributed by atoms with van der Waals surface area (Å²) in [7, 11) is 0. The second-order valence-corrected chi connectivity index (χ2v) is 5.09. The van der Waals surface area contributed by atoms with Crippen LogP contribution in [0.15, 0.2) is 47.5 Å². The predicted molar refractivity (Wildman–Crippen MR) is 84.3 cm³/mol. The normalized spacial score (nSPS) is 12.5. The molecule has 0 heterocycles. The summed E-state index contributed by atoms with van der Waals surface area (Å²) in [5.41, 5.74) is 2.36. The number of nitro benzene ring substituents is 1. The van der Waals surface area contributed by atoms with Gasteiger partial charge in [0.15, 0.2) is 0 Å². The Kier molecular flexibility index (Phi) is 4.88. The van der Waals surface area contributed by atoms with Crippen molar-refractivity contribution in [2.75, 3.05) is 0 Å². The average molecular weight is 297 g/mol. The number of hydrogen-bond acceptors (Lipinski definition) is 4. The molecule has 22 heavy (non-hydrogen) atoms. The summed E-state index contributed by atoms with van der Waals surface area (Å²) in [6.45, 7) is 4.02. The number of nitro groups is 1. The maximum absolute atomic E-state index is 11.8. The van der Waals surface area contributed by atoms with Crippen molar-refractivity contribution in [1.82, 2.24) is 0 Å². The Balaban J connectivity index is 2.27. The molecular weight excluding hydrogens is 280 g/mol. The third kappa shape index (κ3) is 3.69. The van der Waals surface area contributed by atoms with Gasteiger partial charge in [-0.3, -0.25) is 15.1 Å². The minimum absolute atomic E-state index is 0.0701. The van der Waals surface area contributed by atoms with Crippen molar-refractivity contribution < 1.29 is 10.0 Å². The summed E-state index contributed by atoms with van der Waals surface area (Å²) in [5.74, 6) is -0.270. The molecular formula is C17H17N2O3-. The van der Waals surface area contributed by atoms with Crippen molar-refractivity contribution in [3.05, 3.63) is 69.3 Å². The number of nitrogens with zero attached hydrogens (tertiary/aromatic N) is 2. The number of hydrogen-bond donors (Lipinski definition) is 0. The molecule has 0 aromatic heterocycles. The SMILES string of the molecule is CC[C@H](N=Cc1cc([N+](=O)[O-])ccc1[O-])c1ccc(C)cc1. The molecule has 0 spiro atoms. The van der Waals surface area contributed by atoms with Gasteiger partial charge in [0.05, 0.1) is 11.0 Å². The fraction of sp³-hybridized carbons (Fsp3) is 0.235. The lowest BCUT2D eigenvalue weighted by Gasteiger charge is -2.12.